The Kier molecular flexibility index (Phi) is 3.17. The van der Waals surface area contributed by atoms with Gasteiger partial charge in [0.1, 0.15) is 5.83 Å². The Labute approximate surface area is 57.7 Å². The minimum Gasteiger partial charge on any atom is -0.211 e. The molecule has 0 fully saturated rings. The van der Waals surface area contributed by atoms with E-state index in [1.165, 1.54) is 0 Å². The first-order chi connectivity index (χ1) is 3.95. The minimum absolute atomic E-state index is 0.612. The van der Waals surface area contributed by atoms with E-state index in [-0.39, 0.29) is 0 Å². The van der Waals surface area contributed by atoms with Gasteiger partial charge in [0.15, 0.2) is 0 Å². The molecule has 0 rings (SSSR count). The van der Waals surface area contributed by atoms with Crippen molar-refractivity contribution in [3.63, 3.8) is 0 Å². The van der Waals surface area contributed by atoms with Gasteiger partial charge in [0, 0.05) is 4.99 Å². The van der Waals surface area contributed by atoms with E-state index in [2.05, 4.69) is 15.9 Å². The Bertz CT molecular complexity index is 114. The normalized spacial score (nSPS) is 14.1. The van der Waals surface area contributed by atoms with Crippen LogP contribution in [0.2, 0.25) is 0 Å². The van der Waals surface area contributed by atoms with Gasteiger partial charge in [-0.3, -0.25) is 0 Å². The second-order valence-electron chi connectivity index (χ2n) is 1.35. The summed E-state index contributed by atoms with van der Waals surface area (Å²) in [5.74, 6) is -1.22. The number of halogens is 5. The number of alkyl halides is 3. The highest BCUT2D eigenvalue weighted by Crippen LogP contribution is 2.25. The van der Waals surface area contributed by atoms with Crippen molar-refractivity contribution in [3.8, 4) is 0 Å². The first-order valence-corrected chi connectivity index (χ1v) is 2.89. The lowest BCUT2D eigenvalue weighted by Crippen LogP contribution is -2.06. The zero-order valence-electron chi connectivity index (χ0n) is 4.17. The van der Waals surface area contributed by atoms with Crippen molar-refractivity contribution in [1.29, 1.82) is 0 Å². The quantitative estimate of drug-likeness (QED) is 0.579. The molecule has 0 saturated heterocycles. The van der Waals surface area contributed by atoms with Gasteiger partial charge in [-0.2, -0.15) is 13.2 Å². The van der Waals surface area contributed by atoms with E-state index in [9.17, 15) is 17.6 Å². The Balaban J connectivity index is 3.75. The van der Waals surface area contributed by atoms with Crippen LogP contribution in [0.1, 0.15) is 6.42 Å². The third-order valence-electron chi connectivity index (χ3n) is 0.488. The molecule has 0 heterocycles. The fourth-order valence-electron chi connectivity index (χ4n) is 0.230. The molecule has 0 aliphatic rings. The fraction of sp³-hybridized carbons (Fsp3) is 0.500. The summed E-state index contributed by atoms with van der Waals surface area (Å²) in [7, 11) is 0. The van der Waals surface area contributed by atoms with Crippen molar-refractivity contribution in [2.75, 3.05) is 0 Å². The van der Waals surface area contributed by atoms with Gasteiger partial charge in [0.2, 0.25) is 0 Å². The first kappa shape index (κ1) is 8.94. The molecular formula is C4H3BrF4. The predicted molar refractivity (Wildman–Crippen MR) is 28.8 cm³/mol. The molecule has 9 heavy (non-hydrogen) atoms. The van der Waals surface area contributed by atoms with Crippen LogP contribution in [0.4, 0.5) is 17.6 Å². The maximum Gasteiger partial charge on any atom is 0.395 e. The van der Waals surface area contributed by atoms with Crippen molar-refractivity contribution >= 4 is 15.9 Å². The summed E-state index contributed by atoms with van der Waals surface area (Å²) >= 11 is 2.43. The van der Waals surface area contributed by atoms with E-state index in [4.69, 9.17) is 0 Å². The molecular weight excluding hydrogens is 204 g/mol. The predicted octanol–water partition coefficient (Wildman–Crippen LogP) is 3.14. The van der Waals surface area contributed by atoms with Gasteiger partial charge in [-0.25, -0.2) is 4.39 Å². The molecule has 0 aromatic heterocycles. The van der Waals surface area contributed by atoms with E-state index >= 15 is 0 Å². The lowest BCUT2D eigenvalue weighted by Gasteiger charge is -2.01. The maximum atomic E-state index is 11.7. The summed E-state index contributed by atoms with van der Waals surface area (Å²) in [5, 5.41) is 0. The van der Waals surface area contributed by atoms with Crippen LogP contribution in [0.3, 0.4) is 0 Å². The second kappa shape index (κ2) is 3.20. The average Bonchev–Trinajstić information content (AvgIpc) is 1.62. The van der Waals surface area contributed by atoms with Crippen LogP contribution in [0.25, 0.3) is 0 Å². The molecule has 0 unspecified atom stereocenters. The Morgan fingerprint density at radius 1 is 1.44 bits per heavy atom. The molecule has 0 bridgehead atoms. The van der Waals surface area contributed by atoms with Gasteiger partial charge in [-0.05, 0) is 0 Å². The van der Waals surface area contributed by atoms with Crippen LogP contribution >= 0.6 is 15.9 Å². The SMILES string of the molecule is FC(=CBr)CC(F)(F)F. The van der Waals surface area contributed by atoms with Crippen LogP contribution in [0.5, 0.6) is 0 Å². The smallest absolute Gasteiger partial charge is 0.211 e. The highest BCUT2D eigenvalue weighted by atomic mass is 79.9. The van der Waals surface area contributed by atoms with Crippen molar-refractivity contribution in [2.45, 2.75) is 12.6 Å². The number of rotatable bonds is 1. The van der Waals surface area contributed by atoms with Crippen LogP contribution in [0.15, 0.2) is 10.8 Å². The molecule has 0 aliphatic carbocycles. The summed E-state index contributed by atoms with van der Waals surface area (Å²) in [4.78, 5) is 0.612. The van der Waals surface area contributed by atoms with Crippen LogP contribution in [-0.4, -0.2) is 6.18 Å². The average molecular weight is 207 g/mol. The molecule has 0 spiro atoms. The molecule has 0 aliphatic heterocycles. The molecule has 0 N–H and O–H groups in total. The monoisotopic (exact) mass is 206 g/mol. The summed E-state index contributed by atoms with van der Waals surface area (Å²) in [6, 6.07) is 0. The molecule has 54 valence electrons. The maximum absolute atomic E-state index is 11.7. The van der Waals surface area contributed by atoms with E-state index < -0.39 is 18.4 Å². The third kappa shape index (κ3) is 5.82. The van der Waals surface area contributed by atoms with Gasteiger partial charge < -0.3 is 0 Å². The highest BCUT2D eigenvalue weighted by molar-refractivity contribution is 9.11. The topological polar surface area (TPSA) is 0 Å². The standard InChI is InChI=1S/C4H3BrF4/c5-2-3(6)1-4(7,8)9/h2H,1H2. The highest BCUT2D eigenvalue weighted by Gasteiger charge is 2.28. The van der Waals surface area contributed by atoms with E-state index in [1.54, 1.807) is 0 Å². The Morgan fingerprint density at radius 3 is 2.00 bits per heavy atom. The lowest BCUT2D eigenvalue weighted by molar-refractivity contribution is -0.129. The first-order valence-electron chi connectivity index (χ1n) is 1.97. The van der Waals surface area contributed by atoms with Gasteiger partial charge in [-0.1, -0.05) is 15.9 Å². The molecule has 0 saturated carbocycles. The third-order valence-corrected chi connectivity index (χ3v) is 0.985. The van der Waals surface area contributed by atoms with Crippen molar-refractivity contribution < 1.29 is 17.6 Å². The zero-order chi connectivity index (χ0) is 7.49. The van der Waals surface area contributed by atoms with Crippen molar-refractivity contribution in [1.82, 2.24) is 0 Å². The van der Waals surface area contributed by atoms with Crippen LogP contribution in [0, 0.1) is 0 Å². The number of allylic oxidation sites excluding steroid dienone is 1. The molecule has 0 atom stereocenters. The summed E-state index contributed by atoms with van der Waals surface area (Å²) in [6.45, 7) is 0. The molecule has 5 heteroatoms. The molecule has 0 aromatic rings. The van der Waals surface area contributed by atoms with E-state index in [0.29, 0.717) is 4.99 Å². The molecule has 0 nitrogen and oxygen atoms in total. The molecule has 0 radical (unpaired) electrons. The molecule has 0 aromatic carbocycles. The van der Waals surface area contributed by atoms with E-state index in [0.717, 1.165) is 0 Å². The van der Waals surface area contributed by atoms with E-state index in [1.807, 2.05) is 0 Å². The van der Waals surface area contributed by atoms with Crippen molar-refractivity contribution in [2.24, 2.45) is 0 Å². The fourth-order valence-corrected chi connectivity index (χ4v) is 0.392. The Hall–Kier alpha value is -0.0600. The van der Waals surface area contributed by atoms with Gasteiger partial charge in [-0.15, -0.1) is 0 Å². The van der Waals surface area contributed by atoms with Gasteiger partial charge in [0.05, 0.1) is 6.42 Å². The second-order valence-corrected chi connectivity index (χ2v) is 1.81. The number of hydrogen-bond donors (Lipinski definition) is 0. The summed E-state index contributed by atoms with van der Waals surface area (Å²) < 4.78 is 45.3. The van der Waals surface area contributed by atoms with Gasteiger partial charge in [0.25, 0.3) is 0 Å². The van der Waals surface area contributed by atoms with Gasteiger partial charge >= 0.3 is 6.18 Å². The van der Waals surface area contributed by atoms with Crippen LogP contribution < -0.4 is 0 Å². The number of hydrogen-bond acceptors (Lipinski definition) is 0. The van der Waals surface area contributed by atoms with Crippen molar-refractivity contribution in [3.05, 3.63) is 10.8 Å². The largest absolute Gasteiger partial charge is 0.395 e. The minimum atomic E-state index is -4.45. The molecule has 0 amide bonds. The van der Waals surface area contributed by atoms with Crippen LogP contribution in [-0.2, 0) is 0 Å². The lowest BCUT2D eigenvalue weighted by atomic mass is 10.4. The zero-order valence-corrected chi connectivity index (χ0v) is 5.76. The summed E-state index contributed by atoms with van der Waals surface area (Å²) in [5.41, 5.74) is 0. The summed E-state index contributed by atoms with van der Waals surface area (Å²) in [6.07, 6.45) is -5.95. The Morgan fingerprint density at radius 2 is 1.89 bits per heavy atom.